The molecule has 0 saturated heterocycles. The summed E-state index contributed by atoms with van der Waals surface area (Å²) in [6.07, 6.45) is 1.29. The number of nitro groups is 1. The van der Waals surface area contributed by atoms with Crippen molar-refractivity contribution in [3.05, 3.63) is 121 Å². The molecule has 0 unspecified atom stereocenters. The van der Waals surface area contributed by atoms with E-state index in [1.807, 2.05) is 45.0 Å². The zero-order chi connectivity index (χ0) is 34.5. The Morgan fingerprint density at radius 1 is 1.06 bits per heavy atom. The minimum atomic E-state index is -0.663. The third kappa shape index (κ3) is 7.21. The van der Waals surface area contributed by atoms with Gasteiger partial charge in [-0.25, -0.2) is 4.98 Å². The van der Waals surface area contributed by atoms with Crippen LogP contribution in [-0.4, -0.2) is 39.9 Å². The first kappa shape index (κ1) is 33.8. The lowest BCUT2D eigenvalue weighted by molar-refractivity contribution is -0.385. The molecular formula is C36H34ClN5O6. The van der Waals surface area contributed by atoms with E-state index in [0.29, 0.717) is 28.8 Å². The molecule has 5 rings (SSSR count). The molecule has 0 spiro atoms. The van der Waals surface area contributed by atoms with Crippen LogP contribution >= 0.6 is 11.6 Å². The number of para-hydroxylation sites is 2. The van der Waals surface area contributed by atoms with Crippen LogP contribution in [-0.2, 0) is 4.79 Å². The predicted molar refractivity (Wildman–Crippen MR) is 188 cm³/mol. The van der Waals surface area contributed by atoms with Crippen LogP contribution in [0.15, 0.2) is 82.7 Å². The summed E-state index contributed by atoms with van der Waals surface area (Å²) in [5.41, 5.74) is 3.71. The number of hydrogen-bond acceptors (Lipinski definition) is 8. The van der Waals surface area contributed by atoms with Crippen molar-refractivity contribution in [2.45, 2.75) is 40.5 Å². The fourth-order valence-electron chi connectivity index (χ4n) is 5.19. The van der Waals surface area contributed by atoms with Crippen LogP contribution in [0.4, 0.5) is 11.4 Å². The number of nitrogens with zero attached hydrogens (tertiary/aromatic N) is 4. The SMILES string of the molecule is CCOc1cc(C)c(-c2nc3ccccc3c(=O)n2N=Cc2cc(Cl)c(OCC(=O)Nc3ccccc3C)c([N+](=O)[O-])c2)cc1C(C)C. The average molecular weight is 668 g/mol. The number of amides is 1. The highest BCUT2D eigenvalue weighted by molar-refractivity contribution is 6.32. The first-order valence-electron chi connectivity index (χ1n) is 15.3. The van der Waals surface area contributed by atoms with Gasteiger partial charge in [-0.2, -0.15) is 9.78 Å². The van der Waals surface area contributed by atoms with Gasteiger partial charge in [-0.1, -0.05) is 55.8 Å². The Morgan fingerprint density at radius 3 is 2.50 bits per heavy atom. The molecule has 4 aromatic carbocycles. The van der Waals surface area contributed by atoms with Crippen molar-refractivity contribution < 1.29 is 19.2 Å². The smallest absolute Gasteiger partial charge is 0.313 e. The molecule has 0 fully saturated rings. The van der Waals surface area contributed by atoms with Crippen LogP contribution in [0.1, 0.15) is 48.9 Å². The Labute approximate surface area is 282 Å². The number of carbonyl (C=O) groups excluding carboxylic acids is 1. The first-order chi connectivity index (χ1) is 23.0. The van der Waals surface area contributed by atoms with Gasteiger partial charge in [-0.05, 0) is 79.8 Å². The van der Waals surface area contributed by atoms with Crippen LogP contribution in [0.2, 0.25) is 5.02 Å². The first-order valence-corrected chi connectivity index (χ1v) is 15.7. The number of aromatic nitrogens is 2. The van der Waals surface area contributed by atoms with E-state index in [1.54, 1.807) is 36.4 Å². The Hall–Kier alpha value is -5.55. The van der Waals surface area contributed by atoms with Gasteiger partial charge < -0.3 is 14.8 Å². The lowest BCUT2D eigenvalue weighted by Gasteiger charge is -2.18. The van der Waals surface area contributed by atoms with Crippen LogP contribution in [0.25, 0.3) is 22.3 Å². The fraction of sp³-hybridized carbons (Fsp3) is 0.222. The van der Waals surface area contributed by atoms with Crippen LogP contribution in [0.3, 0.4) is 0 Å². The molecule has 12 heteroatoms. The number of hydrogen-bond donors (Lipinski definition) is 1. The van der Waals surface area contributed by atoms with Crippen molar-refractivity contribution in [2.75, 3.05) is 18.5 Å². The standard InChI is InChI=1S/C36H34ClN5O6/c1-6-47-32-15-23(5)27(18-26(32)21(2)3)35-40-30-14-10-8-12-25(30)36(44)41(35)38-19-24-16-28(37)34(31(17-24)42(45)46)48-20-33(43)39-29-13-9-7-11-22(29)4/h7-19,21H,6,20H2,1-5H3,(H,39,43). The van der Waals surface area contributed by atoms with Crippen molar-refractivity contribution in [3.63, 3.8) is 0 Å². The molecule has 1 heterocycles. The van der Waals surface area contributed by atoms with Crippen molar-refractivity contribution in [1.29, 1.82) is 0 Å². The topological polar surface area (TPSA) is 138 Å². The number of rotatable bonds is 11. The highest BCUT2D eigenvalue weighted by Crippen LogP contribution is 2.37. The number of nitrogens with one attached hydrogen (secondary N) is 1. The Morgan fingerprint density at radius 2 is 1.79 bits per heavy atom. The quantitative estimate of drug-likeness (QED) is 0.0867. The molecule has 0 radical (unpaired) electrons. The molecule has 0 aliphatic rings. The zero-order valence-corrected chi connectivity index (χ0v) is 27.9. The lowest BCUT2D eigenvalue weighted by Crippen LogP contribution is -2.21. The number of fused-ring (bicyclic) bond motifs is 1. The van der Waals surface area contributed by atoms with Crippen molar-refractivity contribution in [2.24, 2.45) is 5.10 Å². The van der Waals surface area contributed by atoms with E-state index in [2.05, 4.69) is 24.3 Å². The summed E-state index contributed by atoms with van der Waals surface area (Å²) in [6.45, 7) is 9.76. The minimum Gasteiger partial charge on any atom is -0.494 e. The largest absolute Gasteiger partial charge is 0.494 e. The van der Waals surface area contributed by atoms with Gasteiger partial charge in [0.2, 0.25) is 5.75 Å². The zero-order valence-electron chi connectivity index (χ0n) is 27.1. The molecule has 11 nitrogen and oxygen atoms in total. The molecule has 1 amide bonds. The van der Waals surface area contributed by atoms with E-state index in [0.717, 1.165) is 22.4 Å². The lowest BCUT2D eigenvalue weighted by atomic mass is 9.96. The van der Waals surface area contributed by atoms with Crippen LogP contribution < -0.4 is 20.3 Å². The third-order valence-corrected chi connectivity index (χ3v) is 7.89. The molecule has 5 aromatic rings. The van der Waals surface area contributed by atoms with E-state index in [-0.39, 0.29) is 28.1 Å². The molecule has 1 N–H and O–H groups in total. The van der Waals surface area contributed by atoms with E-state index < -0.39 is 28.7 Å². The van der Waals surface area contributed by atoms with Gasteiger partial charge in [-0.3, -0.25) is 19.7 Å². The second-order valence-electron chi connectivity index (χ2n) is 11.4. The normalized spacial score (nSPS) is 11.3. The molecule has 0 saturated carbocycles. The van der Waals surface area contributed by atoms with Crippen molar-refractivity contribution in [1.82, 2.24) is 9.66 Å². The second-order valence-corrected chi connectivity index (χ2v) is 11.8. The second kappa shape index (κ2) is 14.5. The van der Waals surface area contributed by atoms with Crippen molar-refractivity contribution in [3.8, 4) is 22.9 Å². The number of carbonyl (C=O) groups is 1. The van der Waals surface area contributed by atoms with Gasteiger partial charge in [0.1, 0.15) is 5.75 Å². The number of ether oxygens (including phenoxy) is 2. The summed E-state index contributed by atoms with van der Waals surface area (Å²) < 4.78 is 12.6. The number of aryl methyl sites for hydroxylation is 2. The summed E-state index contributed by atoms with van der Waals surface area (Å²) in [4.78, 5) is 42.6. The molecule has 48 heavy (non-hydrogen) atoms. The van der Waals surface area contributed by atoms with E-state index in [4.69, 9.17) is 26.1 Å². The van der Waals surface area contributed by atoms with Gasteiger partial charge in [0.15, 0.2) is 12.4 Å². The van der Waals surface area contributed by atoms with Gasteiger partial charge in [0, 0.05) is 22.9 Å². The van der Waals surface area contributed by atoms with E-state index in [9.17, 15) is 19.7 Å². The number of benzene rings is 4. The number of halogens is 1. The van der Waals surface area contributed by atoms with Gasteiger partial charge in [0.25, 0.3) is 11.5 Å². The maximum Gasteiger partial charge on any atom is 0.313 e. The molecule has 0 atom stereocenters. The number of nitro benzene ring substituents is 1. The molecule has 246 valence electrons. The fourth-order valence-corrected chi connectivity index (χ4v) is 5.47. The Balaban J connectivity index is 1.54. The molecule has 1 aromatic heterocycles. The molecular weight excluding hydrogens is 634 g/mol. The summed E-state index contributed by atoms with van der Waals surface area (Å²) in [5.74, 6) is 0.380. The van der Waals surface area contributed by atoms with Gasteiger partial charge in [-0.15, -0.1) is 0 Å². The van der Waals surface area contributed by atoms with Crippen molar-refractivity contribution >= 4 is 46.0 Å². The molecule has 0 bridgehead atoms. The maximum atomic E-state index is 13.8. The monoisotopic (exact) mass is 667 g/mol. The minimum absolute atomic E-state index is 0.109. The summed E-state index contributed by atoms with van der Waals surface area (Å²) >= 11 is 6.46. The number of anilines is 1. The predicted octanol–water partition coefficient (Wildman–Crippen LogP) is 7.66. The Bertz CT molecular complexity index is 2130. The average Bonchev–Trinajstić information content (AvgIpc) is 3.04. The van der Waals surface area contributed by atoms with E-state index >= 15 is 0 Å². The Kier molecular flexibility index (Phi) is 10.2. The van der Waals surface area contributed by atoms with Gasteiger partial charge in [0.05, 0.1) is 33.7 Å². The third-order valence-electron chi connectivity index (χ3n) is 7.61. The summed E-state index contributed by atoms with van der Waals surface area (Å²) in [7, 11) is 0. The van der Waals surface area contributed by atoms with E-state index in [1.165, 1.54) is 23.0 Å². The summed E-state index contributed by atoms with van der Waals surface area (Å²) in [6, 6.07) is 20.6. The summed E-state index contributed by atoms with van der Waals surface area (Å²) in [5, 5.41) is 19.5. The highest BCUT2D eigenvalue weighted by atomic mass is 35.5. The van der Waals surface area contributed by atoms with Gasteiger partial charge >= 0.3 is 5.69 Å². The maximum absolute atomic E-state index is 13.8. The molecule has 0 aliphatic carbocycles. The highest BCUT2D eigenvalue weighted by Gasteiger charge is 2.23. The van der Waals surface area contributed by atoms with Crippen LogP contribution in [0.5, 0.6) is 11.5 Å². The van der Waals surface area contributed by atoms with Crippen LogP contribution in [0, 0.1) is 24.0 Å². The molecule has 0 aliphatic heterocycles.